The van der Waals surface area contributed by atoms with Gasteiger partial charge < -0.3 is 33.9 Å². The van der Waals surface area contributed by atoms with Crippen LogP contribution in [-0.4, -0.2) is 110 Å². The van der Waals surface area contributed by atoms with E-state index in [-0.39, 0.29) is 77.3 Å². The van der Waals surface area contributed by atoms with Crippen molar-refractivity contribution in [2.75, 3.05) is 59.3 Å². The second kappa shape index (κ2) is 34.0. The maximum atomic E-state index is 12.8. The third-order valence-electron chi connectivity index (χ3n) is 8.46. The van der Waals surface area contributed by atoms with Crippen LogP contribution < -0.4 is 0 Å². The van der Waals surface area contributed by atoms with Crippen molar-refractivity contribution in [1.29, 1.82) is 0 Å². The van der Waals surface area contributed by atoms with Gasteiger partial charge in [-0.2, -0.15) is 0 Å². The summed E-state index contributed by atoms with van der Waals surface area (Å²) in [6.07, 6.45) is 14.5. The zero-order valence-corrected chi connectivity index (χ0v) is 32.6. The fourth-order valence-corrected chi connectivity index (χ4v) is 5.44. The molecule has 0 fully saturated rings. The molecule has 2 N–H and O–H groups in total. The number of carbonyl (C=O) groups excluding carboxylic acids is 5. The molecule has 0 aliphatic heterocycles. The molecule has 0 aromatic heterocycles. The second-order valence-corrected chi connectivity index (χ2v) is 13.6. The molecule has 13 heteroatoms. The minimum absolute atomic E-state index is 0.0768. The van der Waals surface area contributed by atoms with Gasteiger partial charge in [-0.3, -0.25) is 28.9 Å². The minimum Gasteiger partial charge on any atom is -0.466 e. The lowest BCUT2D eigenvalue weighted by atomic mass is 9.97. The lowest BCUT2D eigenvalue weighted by Crippen LogP contribution is -2.39. The minimum atomic E-state index is -1.51. The number of unbranched alkanes of at least 4 members (excludes halogenated alkanes) is 12. The Hall–Kier alpha value is -2.77. The molecule has 0 aliphatic carbocycles. The van der Waals surface area contributed by atoms with Crippen molar-refractivity contribution in [3.8, 4) is 0 Å². The van der Waals surface area contributed by atoms with E-state index >= 15 is 0 Å². The maximum Gasteiger partial charge on any atom is 0.309 e. The van der Waals surface area contributed by atoms with Crippen molar-refractivity contribution in [2.45, 2.75) is 161 Å². The molecule has 0 saturated heterocycles. The van der Waals surface area contributed by atoms with E-state index in [1.54, 1.807) is 4.90 Å². The summed E-state index contributed by atoms with van der Waals surface area (Å²) in [5, 5.41) is 18.5. The van der Waals surface area contributed by atoms with Crippen LogP contribution in [0.25, 0.3) is 0 Å². The Labute approximate surface area is 312 Å². The molecule has 0 bridgehead atoms. The quantitative estimate of drug-likeness (QED) is 0.0436. The molecule has 304 valence electrons. The van der Waals surface area contributed by atoms with E-state index in [4.69, 9.17) is 23.7 Å². The first-order valence-corrected chi connectivity index (χ1v) is 19.9. The molecular formula is C39H71NO12. The first-order chi connectivity index (χ1) is 25.1. The molecule has 0 heterocycles. The lowest BCUT2D eigenvalue weighted by Gasteiger charge is -2.28. The largest absolute Gasteiger partial charge is 0.466 e. The molecule has 0 unspecified atom stereocenters. The number of rotatable bonds is 36. The summed E-state index contributed by atoms with van der Waals surface area (Å²) < 4.78 is 27.0. The van der Waals surface area contributed by atoms with E-state index in [1.165, 1.54) is 19.8 Å². The van der Waals surface area contributed by atoms with Crippen molar-refractivity contribution < 1.29 is 57.9 Å². The average Bonchev–Trinajstić information content (AvgIpc) is 3.09. The fraction of sp³-hybridized carbons (Fsp3) is 0.872. The van der Waals surface area contributed by atoms with E-state index in [1.807, 2.05) is 0 Å². The van der Waals surface area contributed by atoms with E-state index in [9.17, 15) is 34.2 Å². The van der Waals surface area contributed by atoms with Crippen LogP contribution in [0.1, 0.15) is 156 Å². The highest BCUT2D eigenvalue weighted by Crippen LogP contribution is 2.23. The van der Waals surface area contributed by atoms with Gasteiger partial charge in [0.15, 0.2) is 0 Å². The second-order valence-electron chi connectivity index (χ2n) is 13.6. The first-order valence-electron chi connectivity index (χ1n) is 19.9. The van der Waals surface area contributed by atoms with Crippen molar-refractivity contribution in [2.24, 2.45) is 0 Å². The summed E-state index contributed by atoms with van der Waals surface area (Å²) in [7, 11) is 0. The molecule has 0 aliphatic rings. The molecule has 0 radical (unpaired) electrons. The van der Waals surface area contributed by atoms with Crippen molar-refractivity contribution in [1.82, 2.24) is 4.90 Å². The van der Waals surface area contributed by atoms with Crippen LogP contribution in [0.15, 0.2) is 0 Å². The monoisotopic (exact) mass is 745 g/mol. The van der Waals surface area contributed by atoms with Gasteiger partial charge >= 0.3 is 29.8 Å². The summed E-state index contributed by atoms with van der Waals surface area (Å²) in [5.74, 6) is -2.28. The smallest absolute Gasteiger partial charge is 0.309 e. The molecule has 0 spiro atoms. The molecule has 13 nitrogen and oxygen atoms in total. The van der Waals surface area contributed by atoms with E-state index in [0.717, 1.165) is 51.4 Å². The summed E-state index contributed by atoms with van der Waals surface area (Å²) in [6, 6.07) is 0. The number of hydrogen-bond acceptors (Lipinski definition) is 13. The Kier molecular flexibility index (Phi) is 32.2. The van der Waals surface area contributed by atoms with Gasteiger partial charge in [0.05, 0.1) is 58.9 Å². The number of aliphatic hydroxyl groups excluding tert-OH is 2. The fourth-order valence-electron chi connectivity index (χ4n) is 5.44. The SMILES string of the molecule is CCCCCCCC(=O)OCCCCCOC(=O)CC(C)(CC(=O)OCCCCCOC(=O)CCCCCCC)OC(=O)CCN(CCO)CCO. The Morgan fingerprint density at radius 2 is 0.827 bits per heavy atom. The maximum absolute atomic E-state index is 12.8. The normalized spacial score (nSPS) is 11.3. The topological polar surface area (TPSA) is 175 Å². The van der Waals surface area contributed by atoms with Crippen LogP contribution in [-0.2, 0) is 47.7 Å². The highest BCUT2D eigenvalue weighted by Gasteiger charge is 2.36. The van der Waals surface area contributed by atoms with Gasteiger partial charge in [0.1, 0.15) is 5.60 Å². The van der Waals surface area contributed by atoms with Crippen LogP contribution >= 0.6 is 0 Å². The Morgan fingerprint density at radius 3 is 1.21 bits per heavy atom. The number of esters is 5. The molecule has 0 aromatic carbocycles. The van der Waals surface area contributed by atoms with E-state index in [2.05, 4.69) is 13.8 Å². The van der Waals surface area contributed by atoms with Gasteiger partial charge in [0.25, 0.3) is 0 Å². The van der Waals surface area contributed by atoms with Crippen LogP contribution in [0.2, 0.25) is 0 Å². The Balaban J connectivity index is 4.68. The Morgan fingerprint density at radius 1 is 0.462 bits per heavy atom. The van der Waals surface area contributed by atoms with Gasteiger partial charge in [-0.05, 0) is 58.3 Å². The number of hydrogen-bond donors (Lipinski definition) is 2. The van der Waals surface area contributed by atoms with Crippen molar-refractivity contribution >= 4 is 29.8 Å². The average molecular weight is 746 g/mol. The summed E-state index contributed by atoms with van der Waals surface area (Å²) >= 11 is 0. The van der Waals surface area contributed by atoms with Gasteiger partial charge in [0.2, 0.25) is 0 Å². The first kappa shape index (κ1) is 49.2. The third-order valence-corrected chi connectivity index (χ3v) is 8.46. The summed E-state index contributed by atoms with van der Waals surface area (Å²) in [4.78, 5) is 63.8. The zero-order chi connectivity index (χ0) is 38.7. The molecule has 0 atom stereocenters. The molecule has 0 rings (SSSR count). The van der Waals surface area contributed by atoms with Gasteiger partial charge in [-0.15, -0.1) is 0 Å². The summed E-state index contributed by atoms with van der Waals surface area (Å²) in [5.41, 5.74) is -1.51. The van der Waals surface area contributed by atoms with Crippen LogP contribution in [0.3, 0.4) is 0 Å². The van der Waals surface area contributed by atoms with Gasteiger partial charge in [0, 0.05) is 32.5 Å². The van der Waals surface area contributed by atoms with Gasteiger partial charge in [-0.1, -0.05) is 65.2 Å². The molecule has 52 heavy (non-hydrogen) atoms. The third kappa shape index (κ3) is 30.8. The lowest BCUT2D eigenvalue weighted by molar-refractivity contribution is -0.170. The predicted octanol–water partition coefficient (Wildman–Crippen LogP) is 5.98. The molecule has 0 saturated carbocycles. The number of aliphatic hydroxyl groups is 2. The highest BCUT2D eigenvalue weighted by atomic mass is 16.6. The molecule has 0 aromatic rings. The number of nitrogens with zero attached hydrogens (tertiary/aromatic N) is 1. The van der Waals surface area contributed by atoms with Crippen LogP contribution in [0.5, 0.6) is 0 Å². The number of carbonyl (C=O) groups is 5. The van der Waals surface area contributed by atoms with Gasteiger partial charge in [-0.25, -0.2) is 0 Å². The Bertz CT molecular complexity index is 884. The predicted molar refractivity (Wildman–Crippen MR) is 197 cm³/mol. The van der Waals surface area contributed by atoms with Crippen molar-refractivity contribution in [3.63, 3.8) is 0 Å². The highest BCUT2D eigenvalue weighted by molar-refractivity contribution is 5.77. The van der Waals surface area contributed by atoms with E-state index < -0.39 is 23.5 Å². The van der Waals surface area contributed by atoms with Crippen molar-refractivity contribution in [3.05, 3.63) is 0 Å². The molecule has 0 amide bonds. The zero-order valence-electron chi connectivity index (χ0n) is 32.6. The molecular weight excluding hydrogens is 674 g/mol. The summed E-state index contributed by atoms with van der Waals surface area (Å²) in [6.45, 7) is 7.15. The van der Waals surface area contributed by atoms with Crippen LogP contribution in [0.4, 0.5) is 0 Å². The number of ether oxygens (including phenoxy) is 5. The standard InChI is InChI=1S/C39H71NO12/c1-4-6-8-10-14-20-34(43)48-28-16-12-18-30-50-37(46)32-39(3,52-36(45)22-23-40(24-26-41)25-27-42)33-38(47)51-31-19-13-17-29-49-35(44)21-15-11-9-7-5-2/h41-42H,4-33H2,1-3H3. The van der Waals surface area contributed by atoms with E-state index in [0.29, 0.717) is 64.6 Å². The van der Waals surface area contributed by atoms with Crippen LogP contribution in [0, 0.1) is 0 Å².